The zero-order chi connectivity index (χ0) is 23.3. The molecule has 0 saturated heterocycles. The molecule has 34 heavy (non-hydrogen) atoms. The fourth-order valence-electron chi connectivity index (χ4n) is 4.56. The van der Waals surface area contributed by atoms with E-state index in [0.717, 1.165) is 40.8 Å². The Hall–Kier alpha value is -2.78. The molecule has 5 rings (SSSR count). The van der Waals surface area contributed by atoms with Crippen molar-refractivity contribution in [1.29, 1.82) is 0 Å². The second-order valence-corrected chi connectivity index (χ2v) is 9.89. The molecule has 0 fully saturated rings. The number of aliphatic hydroxyl groups excluding tert-OH is 1. The fourth-order valence-corrected chi connectivity index (χ4v) is 5.84. The van der Waals surface area contributed by atoms with Crippen molar-refractivity contribution >= 4 is 21.6 Å². The second-order valence-electron chi connectivity index (χ2n) is 8.81. The minimum absolute atomic E-state index is 0.0543. The van der Waals surface area contributed by atoms with Crippen LogP contribution < -0.4 is 5.56 Å². The summed E-state index contributed by atoms with van der Waals surface area (Å²) in [5.74, 6) is 1.35. The first-order valence-corrected chi connectivity index (χ1v) is 12.6. The molecule has 1 aromatic carbocycles. The van der Waals surface area contributed by atoms with Crippen LogP contribution in [0.2, 0.25) is 0 Å². The molecule has 0 unspecified atom stereocenters. The average molecular weight is 480 g/mol. The number of fused-ring (bicyclic) bond motifs is 3. The van der Waals surface area contributed by atoms with Crippen LogP contribution in [0.3, 0.4) is 0 Å². The van der Waals surface area contributed by atoms with Crippen molar-refractivity contribution in [2.45, 2.75) is 51.5 Å². The highest BCUT2D eigenvalue weighted by atomic mass is 32.1. The third-order valence-electron chi connectivity index (χ3n) is 6.10. The number of hydrogen-bond donors (Lipinski definition) is 2. The lowest BCUT2D eigenvalue weighted by molar-refractivity contribution is 0.00217. The van der Waals surface area contributed by atoms with E-state index in [1.807, 2.05) is 30.3 Å². The smallest absolute Gasteiger partial charge is 0.259 e. The maximum absolute atomic E-state index is 13.0. The van der Waals surface area contributed by atoms with Crippen LogP contribution in [0.25, 0.3) is 10.2 Å². The number of rotatable bonds is 10. The second kappa shape index (κ2) is 10.7. The van der Waals surface area contributed by atoms with Gasteiger partial charge in [0.25, 0.3) is 5.56 Å². The highest BCUT2D eigenvalue weighted by Crippen LogP contribution is 2.33. The fraction of sp³-hybridized carbons (Fsp3) is 0.385. The number of nitrogens with one attached hydrogen (secondary N) is 1. The summed E-state index contributed by atoms with van der Waals surface area (Å²) in [5.41, 5.74) is 2.26. The highest BCUT2D eigenvalue weighted by Gasteiger charge is 2.21. The Labute approximate surface area is 202 Å². The summed E-state index contributed by atoms with van der Waals surface area (Å²) in [6.07, 6.45) is 5.22. The number of benzene rings is 1. The lowest BCUT2D eigenvalue weighted by Crippen LogP contribution is -2.35. The van der Waals surface area contributed by atoms with Crippen molar-refractivity contribution in [3.05, 3.63) is 86.7 Å². The van der Waals surface area contributed by atoms with Gasteiger partial charge in [-0.25, -0.2) is 4.98 Å². The number of aromatic nitrogens is 2. The number of H-pyrrole nitrogens is 1. The minimum atomic E-state index is -0.692. The zero-order valence-corrected chi connectivity index (χ0v) is 19.9. The van der Waals surface area contributed by atoms with Gasteiger partial charge in [0.05, 0.1) is 30.9 Å². The van der Waals surface area contributed by atoms with Gasteiger partial charge in [0.2, 0.25) is 0 Å². The van der Waals surface area contributed by atoms with Gasteiger partial charge in [0.15, 0.2) is 0 Å². The van der Waals surface area contributed by atoms with Gasteiger partial charge in [0.1, 0.15) is 23.0 Å². The number of aromatic amines is 1. The molecule has 1 aliphatic carbocycles. The standard InChI is InChI=1S/C26H29N3O4S/c30-19(16-32-17-20-9-6-12-33-20)14-29(13-18-7-2-1-3-8-18)15-23-27-25(31)24-21-10-4-5-11-22(21)34-26(24)28-23/h1-3,6-9,12,19,30H,4-5,10-11,13-17H2,(H,27,28,31)/t19-/m0/s1. The topological polar surface area (TPSA) is 91.6 Å². The van der Waals surface area contributed by atoms with Crippen LogP contribution >= 0.6 is 11.3 Å². The van der Waals surface area contributed by atoms with E-state index in [-0.39, 0.29) is 12.2 Å². The molecule has 1 atom stereocenters. The van der Waals surface area contributed by atoms with Crippen LogP contribution in [0.4, 0.5) is 0 Å². The van der Waals surface area contributed by atoms with Crippen molar-refractivity contribution in [2.24, 2.45) is 0 Å². The third-order valence-corrected chi connectivity index (χ3v) is 7.29. The summed E-state index contributed by atoms with van der Waals surface area (Å²) in [5, 5.41) is 11.4. The van der Waals surface area contributed by atoms with Crippen LogP contribution in [0.15, 0.2) is 57.9 Å². The number of aliphatic hydroxyl groups is 1. The lowest BCUT2D eigenvalue weighted by Gasteiger charge is -2.24. The molecule has 4 aromatic rings. The predicted molar refractivity (Wildman–Crippen MR) is 132 cm³/mol. The van der Waals surface area contributed by atoms with Gasteiger partial charge < -0.3 is 19.2 Å². The number of nitrogens with zero attached hydrogens (tertiary/aromatic N) is 2. The van der Waals surface area contributed by atoms with E-state index in [0.29, 0.717) is 32.1 Å². The molecule has 0 aliphatic heterocycles. The number of furan rings is 1. The first kappa shape index (κ1) is 23.0. The largest absolute Gasteiger partial charge is 0.467 e. The Morgan fingerprint density at radius 1 is 1.15 bits per heavy atom. The first-order chi connectivity index (χ1) is 16.7. The average Bonchev–Trinajstić information content (AvgIpc) is 3.47. The van der Waals surface area contributed by atoms with Crippen molar-refractivity contribution in [3.63, 3.8) is 0 Å². The van der Waals surface area contributed by atoms with E-state index in [4.69, 9.17) is 14.1 Å². The molecule has 8 heteroatoms. The number of hydrogen-bond acceptors (Lipinski definition) is 7. The summed E-state index contributed by atoms with van der Waals surface area (Å²) in [6.45, 7) is 1.94. The molecular weight excluding hydrogens is 450 g/mol. The molecule has 0 saturated carbocycles. The molecule has 0 spiro atoms. The van der Waals surface area contributed by atoms with Gasteiger partial charge in [-0.1, -0.05) is 30.3 Å². The molecule has 7 nitrogen and oxygen atoms in total. The van der Waals surface area contributed by atoms with Gasteiger partial charge in [-0.2, -0.15) is 0 Å². The van der Waals surface area contributed by atoms with Crippen molar-refractivity contribution < 1.29 is 14.3 Å². The quantitative estimate of drug-likeness (QED) is 0.357. The third kappa shape index (κ3) is 5.47. The predicted octanol–water partition coefficient (Wildman–Crippen LogP) is 4.04. The first-order valence-electron chi connectivity index (χ1n) is 11.7. The maximum atomic E-state index is 13.0. The van der Waals surface area contributed by atoms with Gasteiger partial charge in [-0.3, -0.25) is 9.69 Å². The monoisotopic (exact) mass is 479 g/mol. The van der Waals surface area contributed by atoms with Crippen LogP contribution in [-0.2, 0) is 37.3 Å². The normalized spacial score (nSPS) is 14.5. The molecule has 178 valence electrons. The Morgan fingerprint density at radius 3 is 2.82 bits per heavy atom. The van der Waals surface area contributed by atoms with E-state index >= 15 is 0 Å². The molecule has 0 bridgehead atoms. The summed E-state index contributed by atoms with van der Waals surface area (Å²) in [6, 6.07) is 13.7. The van der Waals surface area contributed by atoms with Crippen molar-refractivity contribution in [3.8, 4) is 0 Å². The number of aryl methyl sites for hydroxylation is 2. The highest BCUT2D eigenvalue weighted by molar-refractivity contribution is 7.18. The molecule has 2 N–H and O–H groups in total. The number of ether oxygens (including phenoxy) is 1. The van der Waals surface area contributed by atoms with Crippen LogP contribution in [0.5, 0.6) is 0 Å². The van der Waals surface area contributed by atoms with E-state index in [9.17, 15) is 9.90 Å². The van der Waals surface area contributed by atoms with Crippen LogP contribution in [0.1, 0.15) is 40.4 Å². The van der Waals surface area contributed by atoms with Gasteiger partial charge in [-0.15, -0.1) is 11.3 Å². The molecule has 1 aliphatic rings. The summed E-state index contributed by atoms with van der Waals surface area (Å²) in [7, 11) is 0. The summed E-state index contributed by atoms with van der Waals surface area (Å²) in [4.78, 5) is 25.0. The molecule has 0 amide bonds. The summed E-state index contributed by atoms with van der Waals surface area (Å²) < 4.78 is 10.9. The van der Waals surface area contributed by atoms with E-state index < -0.39 is 6.10 Å². The Morgan fingerprint density at radius 2 is 2.00 bits per heavy atom. The number of thiophene rings is 1. The Kier molecular flexibility index (Phi) is 7.20. The van der Waals surface area contributed by atoms with Crippen LogP contribution in [-0.4, -0.2) is 39.2 Å². The van der Waals surface area contributed by atoms with Crippen molar-refractivity contribution in [1.82, 2.24) is 14.9 Å². The van der Waals surface area contributed by atoms with Gasteiger partial charge >= 0.3 is 0 Å². The van der Waals surface area contributed by atoms with E-state index in [1.165, 1.54) is 16.9 Å². The van der Waals surface area contributed by atoms with E-state index in [2.05, 4.69) is 22.0 Å². The van der Waals surface area contributed by atoms with Gasteiger partial charge in [-0.05, 0) is 48.9 Å². The van der Waals surface area contributed by atoms with Gasteiger partial charge in [0, 0.05) is 18.0 Å². The Balaban J connectivity index is 1.31. The zero-order valence-electron chi connectivity index (χ0n) is 19.0. The van der Waals surface area contributed by atoms with E-state index in [1.54, 1.807) is 17.6 Å². The molecule has 3 heterocycles. The molecular formula is C26H29N3O4S. The van der Waals surface area contributed by atoms with Crippen molar-refractivity contribution in [2.75, 3.05) is 13.2 Å². The minimum Gasteiger partial charge on any atom is -0.467 e. The lowest BCUT2D eigenvalue weighted by atomic mass is 9.97. The SMILES string of the molecule is O=c1[nH]c(CN(Cc2ccccc2)C[C@H](O)COCc2ccco2)nc2sc3c(c12)CCCC3. The summed E-state index contributed by atoms with van der Waals surface area (Å²) >= 11 is 1.65. The Bertz CT molecular complexity index is 1270. The maximum Gasteiger partial charge on any atom is 0.259 e. The molecule has 3 aromatic heterocycles. The van der Waals surface area contributed by atoms with Crippen LogP contribution in [0, 0.1) is 0 Å². The molecule has 0 radical (unpaired) electrons.